The van der Waals surface area contributed by atoms with Gasteiger partial charge >= 0.3 is 0 Å². The van der Waals surface area contributed by atoms with Crippen LogP contribution in [0.25, 0.3) is 0 Å². The van der Waals surface area contributed by atoms with Crippen molar-refractivity contribution >= 4 is 29.1 Å². The molecule has 1 amide bonds. The Morgan fingerprint density at radius 2 is 1.75 bits per heavy atom. The molecule has 1 atom stereocenters. The van der Waals surface area contributed by atoms with Crippen molar-refractivity contribution in [2.24, 2.45) is 5.92 Å². The van der Waals surface area contributed by atoms with E-state index in [9.17, 15) is 4.79 Å². The van der Waals surface area contributed by atoms with Crippen LogP contribution in [0.4, 0.5) is 0 Å². The van der Waals surface area contributed by atoms with Gasteiger partial charge in [-0.25, -0.2) is 0 Å². The predicted octanol–water partition coefficient (Wildman–Crippen LogP) is 5.83. The maximum atomic E-state index is 12.4. The molecule has 0 aromatic heterocycles. The first kappa shape index (κ1) is 18.8. The molecule has 2 rings (SSSR count). The summed E-state index contributed by atoms with van der Waals surface area (Å²) in [5.74, 6) is 0.557. The van der Waals surface area contributed by atoms with E-state index in [1.54, 1.807) is 6.07 Å². The minimum absolute atomic E-state index is 0.0486. The molecule has 0 unspecified atom stereocenters. The van der Waals surface area contributed by atoms with Crippen LogP contribution >= 0.6 is 23.2 Å². The SMILES string of the molecule is CC(C)C[C@H](NC(=O)CCc1ccc(Cl)c(Cl)c1)c1ccccc1. The van der Waals surface area contributed by atoms with Crippen LogP contribution in [-0.2, 0) is 11.2 Å². The fraction of sp³-hybridized carbons (Fsp3) is 0.350. The van der Waals surface area contributed by atoms with E-state index in [1.807, 2.05) is 30.3 Å². The zero-order valence-corrected chi connectivity index (χ0v) is 15.6. The number of amides is 1. The minimum Gasteiger partial charge on any atom is -0.349 e. The van der Waals surface area contributed by atoms with Gasteiger partial charge in [0.2, 0.25) is 5.91 Å². The van der Waals surface area contributed by atoms with Crippen LogP contribution in [0.5, 0.6) is 0 Å². The van der Waals surface area contributed by atoms with Crippen molar-refractivity contribution in [3.63, 3.8) is 0 Å². The van der Waals surface area contributed by atoms with Gasteiger partial charge in [0.05, 0.1) is 16.1 Å². The van der Waals surface area contributed by atoms with Crippen LogP contribution in [0.1, 0.15) is 43.9 Å². The van der Waals surface area contributed by atoms with Crippen LogP contribution in [0.2, 0.25) is 10.0 Å². The van der Waals surface area contributed by atoms with Crippen molar-refractivity contribution in [1.29, 1.82) is 0 Å². The van der Waals surface area contributed by atoms with Crippen LogP contribution < -0.4 is 5.32 Å². The minimum atomic E-state index is 0.0486. The molecule has 2 aromatic carbocycles. The zero-order valence-electron chi connectivity index (χ0n) is 14.1. The maximum absolute atomic E-state index is 12.4. The number of hydrogen-bond donors (Lipinski definition) is 1. The van der Waals surface area contributed by atoms with Gasteiger partial charge in [0.15, 0.2) is 0 Å². The monoisotopic (exact) mass is 363 g/mol. The zero-order chi connectivity index (χ0) is 17.5. The standard InChI is InChI=1S/C20H23Cl2NO/c1-14(2)12-19(16-6-4-3-5-7-16)23-20(24)11-9-15-8-10-17(21)18(22)13-15/h3-8,10,13-14,19H,9,11-12H2,1-2H3,(H,23,24)/t19-/m0/s1. The molecule has 0 radical (unpaired) electrons. The van der Waals surface area contributed by atoms with E-state index in [-0.39, 0.29) is 11.9 Å². The third kappa shape index (κ3) is 5.85. The third-order valence-electron chi connectivity index (χ3n) is 3.87. The van der Waals surface area contributed by atoms with Gasteiger partial charge in [0.1, 0.15) is 0 Å². The van der Waals surface area contributed by atoms with Crippen LogP contribution in [0, 0.1) is 5.92 Å². The molecule has 24 heavy (non-hydrogen) atoms. The summed E-state index contributed by atoms with van der Waals surface area (Å²) in [5.41, 5.74) is 2.16. The molecular weight excluding hydrogens is 341 g/mol. The molecule has 4 heteroatoms. The molecule has 0 bridgehead atoms. The fourth-order valence-electron chi connectivity index (χ4n) is 2.65. The summed E-state index contributed by atoms with van der Waals surface area (Å²) in [4.78, 5) is 12.4. The lowest BCUT2D eigenvalue weighted by atomic mass is 9.96. The Balaban J connectivity index is 1.96. The summed E-state index contributed by atoms with van der Waals surface area (Å²) in [6.07, 6.45) is 1.99. The van der Waals surface area contributed by atoms with Gasteiger partial charge in [-0.05, 0) is 42.0 Å². The van der Waals surface area contributed by atoms with E-state index >= 15 is 0 Å². The smallest absolute Gasteiger partial charge is 0.220 e. The normalized spacial score (nSPS) is 12.2. The molecular formula is C20H23Cl2NO. The summed E-state index contributed by atoms with van der Waals surface area (Å²) in [6.45, 7) is 4.33. The van der Waals surface area contributed by atoms with Crippen molar-refractivity contribution in [1.82, 2.24) is 5.32 Å². The molecule has 0 saturated carbocycles. The van der Waals surface area contributed by atoms with Gasteiger partial charge in [-0.2, -0.15) is 0 Å². The van der Waals surface area contributed by atoms with Crippen molar-refractivity contribution in [2.75, 3.05) is 0 Å². The lowest BCUT2D eigenvalue weighted by molar-refractivity contribution is -0.121. The van der Waals surface area contributed by atoms with E-state index in [1.165, 1.54) is 0 Å². The fourth-order valence-corrected chi connectivity index (χ4v) is 2.98. The number of carbonyl (C=O) groups excluding carboxylic acids is 1. The molecule has 128 valence electrons. The topological polar surface area (TPSA) is 29.1 Å². The summed E-state index contributed by atoms with van der Waals surface area (Å²) >= 11 is 11.9. The number of nitrogens with one attached hydrogen (secondary N) is 1. The molecule has 1 N–H and O–H groups in total. The first-order valence-electron chi connectivity index (χ1n) is 8.24. The highest BCUT2D eigenvalue weighted by Crippen LogP contribution is 2.24. The second kappa shape index (κ2) is 9.10. The molecule has 0 aliphatic rings. The molecule has 0 spiro atoms. The number of hydrogen-bond acceptors (Lipinski definition) is 1. The number of carbonyl (C=O) groups is 1. The Morgan fingerprint density at radius 3 is 2.38 bits per heavy atom. The van der Waals surface area contributed by atoms with Gasteiger partial charge in [0.25, 0.3) is 0 Å². The second-order valence-corrected chi connectivity index (χ2v) is 7.22. The van der Waals surface area contributed by atoms with Gasteiger partial charge in [-0.15, -0.1) is 0 Å². The number of benzene rings is 2. The summed E-state index contributed by atoms with van der Waals surface area (Å²) in [6, 6.07) is 15.7. The first-order chi connectivity index (χ1) is 11.5. The van der Waals surface area contributed by atoms with E-state index in [0.717, 1.165) is 17.5 Å². The van der Waals surface area contributed by atoms with Crippen LogP contribution in [-0.4, -0.2) is 5.91 Å². The average Bonchev–Trinajstić information content (AvgIpc) is 2.56. The van der Waals surface area contributed by atoms with E-state index < -0.39 is 0 Å². The van der Waals surface area contributed by atoms with Gasteiger partial charge in [-0.1, -0.05) is 73.4 Å². The molecule has 0 fully saturated rings. The highest BCUT2D eigenvalue weighted by atomic mass is 35.5. The Bertz CT molecular complexity index is 671. The third-order valence-corrected chi connectivity index (χ3v) is 4.61. The van der Waals surface area contributed by atoms with Gasteiger partial charge in [0, 0.05) is 6.42 Å². The van der Waals surface area contributed by atoms with Crippen LogP contribution in [0.3, 0.4) is 0 Å². The van der Waals surface area contributed by atoms with Crippen molar-refractivity contribution in [2.45, 2.75) is 39.2 Å². The van der Waals surface area contributed by atoms with E-state index in [4.69, 9.17) is 23.2 Å². The largest absolute Gasteiger partial charge is 0.349 e. The van der Waals surface area contributed by atoms with Crippen molar-refractivity contribution < 1.29 is 4.79 Å². The Morgan fingerprint density at radius 1 is 1.04 bits per heavy atom. The summed E-state index contributed by atoms with van der Waals surface area (Å²) < 4.78 is 0. The Hall–Kier alpha value is -1.51. The van der Waals surface area contributed by atoms with Gasteiger partial charge < -0.3 is 5.32 Å². The quantitative estimate of drug-likeness (QED) is 0.658. The predicted molar refractivity (Wildman–Crippen MR) is 102 cm³/mol. The molecule has 2 nitrogen and oxygen atoms in total. The number of halogens is 2. The molecule has 0 heterocycles. The molecule has 2 aromatic rings. The second-order valence-electron chi connectivity index (χ2n) is 6.41. The summed E-state index contributed by atoms with van der Waals surface area (Å²) in [7, 11) is 0. The lowest BCUT2D eigenvalue weighted by Gasteiger charge is -2.21. The maximum Gasteiger partial charge on any atom is 0.220 e. The lowest BCUT2D eigenvalue weighted by Crippen LogP contribution is -2.29. The summed E-state index contributed by atoms with van der Waals surface area (Å²) in [5, 5.41) is 4.22. The van der Waals surface area contributed by atoms with Crippen molar-refractivity contribution in [3.8, 4) is 0 Å². The first-order valence-corrected chi connectivity index (χ1v) is 8.99. The highest BCUT2D eigenvalue weighted by molar-refractivity contribution is 6.42. The highest BCUT2D eigenvalue weighted by Gasteiger charge is 2.16. The van der Waals surface area contributed by atoms with Crippen molar-refractivity contribution in [3.05, 3.63) is 69.7 Å². The average molecular weight is 364 g/mol. The van der Waals surface area contributed by atoms with Gasteiger partial charge in [-0.3, -0.25) is 4.79 Å². The number of aryl methyl sites for hydroxylation is 1. The molecule has 0 aliphatic heterocycles. The Kier molecular flexibility index (Phi) is 7.14. The Labute approximate surface area is 154 Å². The van der Waals surface area contributed by atoms with E-state index in [0.29, 0.717) is 28.8 Å². The molecule has 0 aliphatic carbocycles. The molecule has 0 saturated heterocycles. The number of rotatable bonds is 7. The van der Waals surface area contributed by atoms with E-state index in [2.05, 4.69) is 31.3 Å². The van der Waals surface area contributed by atoms with Crippen LogP contribution in [0.15, 0.2) is 48.5 Å².